The van der Waals surface area contributed by atoms with E-state index in [1.54, 1.807) is 0 Å². The van der Waals surface area contributed by atoms with E-state index >= 15 is 0 Å². The van der Waals surface area contributed by atoms with Gasteiger partial charge >= 0.3 is 0 Å². The maximum Gasteiger partial charge on any atom is 0.137 e. The van der Waals surface area contributed by atoms with Gasteiger partial charge < -0.3 is 5.11 Å². The average molecular weight is 196 g/mol. The quantitative estimate of drug-likeness (QED) is 0.627. The number of hydrogen-bond acceptors (Lipinski definition) is 3. The molecule has 2 rings (SSSR count). The fourth-order valence-electron chi connectivity index (χ4n) is 2.91. The van der Waals surface area contributed by atoms with Gasteiger partial charge in [0.05, 0.1) is 6.10 Å². The van der Waals surface area contributed by atoms with E-state index in [0.717, 1.165) is 0 Å². The highest BCUT2D eigenvalue weighted by molar-refractivity contribution is 5.91. The molecule has 0 aromatic carbocycles. The van der Waals surface area contributed by atoms with Crippen LogP contribution in [0.2, 0.25) is 0 Å². The van der Waals surface area contributed by atoms with E-state index in [0.29, 0.717) is 25.7 Å². The van der Waals surface area contributed by atoms with Gasteiger partial charge in [0.2, 0.25) is 0 Å². The summed E-state index contributed by atoms with van der Waals surface area (Å²) in [6.07, 6.45) is 1.89. The Morgan fingerprint density at radius 2 is 1.79 bits per heavy atom. The molecule has 2 saturated carbocycles. The number of Topliss-reactive ketones (excluding diaryl/α,β-unsaturated/α-hetero) is 2. The van der Waals surface area contributed by atoms with E-state index in [1.807, 2.05) is 6.92 Å². The zero-order valence-corrected chi connectivity index (χ0v) is 8.40. The highest BCUT2D eigenvalue weighted by Crippen LogP contribution is 2.40. The van der Waals surface area contributed by atoms with Gasteiger partial charge in [-0.1, -0.05) is 6.92 Å². The van der Waals surface area contributed by atoms with Crippen molar-refractivity contribution in [2.24, 2.45) is 17.8 Å². The lowest BCUT2D eigenvalue weighted by atomic mass is 9.64. The topological polar surface area (TPSA) is 54.4 Å². The van der Waals surface area contributed by atoms with Gasteiger partial charge in [0.15, 0.2) is 0 Å². The first-order valence-corrected chi connectivity index (χ1v) is 5.34. The van der Waals surface area contributed by atoms with Gasteiger partial charge in [-0.05, 0) is 18.8 Å². The summed E-state index contributed by atoms with van der Waals surface area (Å²) in [4.78, 5) is 23.1. The molecule has 14 heavy (non-hydrogen) atoms. The largest absolute Gasteiger partial charge is 0.393 e. The smallest absolute Gasteiger partial charge is 0.137 e. The number of carbonyl (C=O) groups is 2. The van der Waals surface area contributed by atoms with Crippen LogP contribution < -0.4 is 0 Å². The number of hydrogen-bond donors (Lipinski definition) is 1. The molecule has 0 saturated heterocycles. The number of fused-ring (bicyclic) bond motifs is 1. The molecule has 4 atom stereocenters. The second-order valence-corrected chi connectivity index (χ2v) is 4.56. The van der Waals surface area contributed by atoms with Crippen LogP contribution in [-0.2, 0) is 9.59 Å². The van der Waals surface area contributed by atoms with Crippen molar-refractivity contribution in [2.45, 2.75) is 38.7 Å². The SMILES string of the molecule is C[C@H]1C(=O)CC[C@H]2[C@@H]1C(=O)CC[C@@H]2O. The number of aliphatic hydroxyl groups excluding tert-OH is 1. The van der Waals surface area contributed by atoms with Crippen LogP contribution in [0.4, 0.5) is 0 Å². The number of aliphatic hydroxyl groups is 1. The van der Waals surface area contributed by atoms with E-state index in [-0.39, 0.29) is 35.4 Å². The first-order chi connectivity index (χ1) is 6.61. The van der Waals surface area contributed by atoms with Gasteiger partial charge in [-0.3, -0.25) is 9.59 Å². The number of rotatable bonds is 0. The lowest BCUT2D eigenvalue weighted by molar-refractivity contribution is -0.144. The molecule has 0 aliphatic heterocycles. The third-order valence-corrected chi connectivity index (χ3v) is 3.78. The van der Waals surface area contributed by atoms with E-state index in [2.05, 4.69) is 0 Å². The second kappa shape index (κ2) is 3.46. The van der Waals surface area contributed by atoms with Crippen molar-refractivity contribution in [1.29, 1.82) is 0 Å². The van der Waals surface area contributed by atoms with Crippen molar-refractivity contribution in [3.63, 3.8) is 0 Å². The molecule has 3 heteroatoms. The first-order valence-electron chi connectivity index (χ1n) is 5.34. The fraction of sp³-hybridized carbons (Fsp3) is 0.818. The molecule has 0 radical (unpaired) electrons. The molecule has 0 spiro atoms. The van der Waals surface area contributed by atoms with Crippen LogP contribution in [0, 0.1) is 17.8 Å². The van der Waals surface area contributed by atoms with Crippen LogP contribution >= 0.6 is 0 Å². The van der Waals surface area contributed by atoms with Crippen molar-refractivity contribution in [3.8, 4) is 0 Å². The zero-order chi connectivity index (χ0) is 10.3. The molecule has 0 amide bonds. The lowest BCUT2D eigenvalue weighted by Gasteiger charge is -2.40. The zero-order valence-electron chi connectivity index (χ0n) is 8.40. The summed E-state index contributed by atoms with van der Waals surface area (Å²) < 4.78 is 0. The highest BCUT2D eigenvalue weighted by Gasteiger charge is 2.45. The summed E-state index contributed by atoms with van der Waals surface area (Å²) in [6, 6.07) is 0. The molecule has 3 nitrogen and oxygen atoms in total. The van der Waals surface area contributed by atoms with E-state index in [4.69, 9.17) is 0 Å². The van der Waals surface area contributed by atoms with Crippen molar-refractivity contribution in [2.75, 3.05) is 0 Å². The van der Waals surface area contributed by atoms with Crippen LogP contribution in [0.1, 0.15) is 32.6 Å². The van der Waals surface area contributed by atoms with Gasteiger partial charge in [-0.25, -0.2) is 0 Å². The predicted octanol–water partition coefficient (Wildman–Crippen LogP) is 0.942. The Kier molecular flexibility index (Phi) is 2.43. The van der Waals surface area contributed by atoms with E-state index in [1.165, 1.54) is 0 Å². The summed E-state index contributed by atoms with van der Waals surface area (Å²) in [5, 5.41) is 9.76. The predicted molar refractivity (Wildman–Crippen MR) is 50.6 cm³/mol. The Balaban J connectivity index is 2.23. The Morgan fingerprint density at radius 1 is 1.14 bits per heavy atom. The maximum absolute atomic E-state index is 11.7. The molecule has 2 aliphatic rings. The summed E-state index contributed by atoms with van der Waals surface area (Å²) in [5.41, 5.74) is 0. The molecule has 2 aliphatic carbocycles. The average Bonchev–Trinajstić information content (AvgIpc) is 2.16. The summed E-state index contributed by atoms with van der Waals surface area (Å²) in [6.45, 7) is 1.83. The van der Waals surface area contributed by atoms with Gasteiger partial charge in [0.25, 0.3) is 0 Å². The number of carbonyl (C=O) groups excluding carboxylic acids is 2. The third kappa shape index (κ3) is 1.40. The third-order valence-electron chi connectivity index (χ3n) is 3.78. The van der Waals surface area contributed by atoms with Crippen LogP contribution in [0.15, 0.2) is 0 Å². The monoisotopic (exact) mass is 196 g/mol. The minimum atomic E-state index is -0.367. The molecular formula is C11H16O3. The van der Waals surface area contributed by atoms with E-state index < -0.39 is 0 Å². The van der Waals surface area contributed by atoms with Crippen LogP contribution in [0.3, 0.4) is 0 Å². The molecule has 1 N–H and O–H groups in total. The summed E-state index contributed by atoms with van der Waals surface area (Å²) >= 11 is 0. The standard InChI is InChI=1S/C11H16O3/c1-6-8(12)3-2-7-9(13)4-5-10(14)11(6)7/h6-7,9,11,13H,2-5H2,1H3/t6-,7+,9-,11+/m0/s1. The van der Waals surface area contributed by atoms with Crippen molar-refractivity contribution in [3.05, 3.63) is 0 Å². The maximum atomic E-state index is 11.7. The molecular weight excluding hydrogens is 180 g/mol. The Labute approximate surface area is 83.5 Å². The van der Waals surface area contributed by atoms with Crippen LogP contribution in [0.5, 0.6) is 0 Å². The highest BCUT2D eigenvalue weighted by atomic mass is 16.3. The first kappa shape index (κ1) is 9.84. The molecule has 0 unspecified atom stereocenters. The van der Waals surface area contributed by atoms with Crippen molar-refractivity contribution in [1.82, 2.24) is 0 Å². The molecule has 0 heterocycles. The van der Waals surface area contributed by atoms with Gasteiger partial charge in [0.1, 0.15) is 11.6 Å². The van der Waals surface area contributed by atoms with Gasteiger partial charge in [-0.2, -0.15) is 0 Å². The van der Waals surface area contributed by atoms with Gasteiger partial charge in [0, 0.05) is 24.7 Å². The second-order valence-electron chi connectivity index (χ2n) is 4.56. The summed E-state index contributed by atoms with van der Waals surface area (Å²) in [7, 11) is 0. The normalized spacial score (nSPS) is 43.6. The minimum Gasteiger partial charge on any atom is -0.393 e. The molecule has 0 aromatic rings. The van der Waals surface area contributed by atoms with Gasteiger partial charge in [-0.15, -0.1) is 0 Å². The molecule has 2 fully saturated rings. The van der Waals surface area contributed by atoms with Crippen molar-refractivity contribution >= 4 is 11.6 Å². The van der Waals surface area contributed by atoms with E-state index in [9.17, 15) is 14.7 Å². The fourth-order valence-corrected chi connectivity index (χ4v) is 2.91. The minimum absolute atomic E-state index is 0.0453. The molecule has 0 bridgehead atoms. The molecule has 0 aromatic heterocycles. The summed E-state index contributed by atoms with van der Waals surface area (Å²) in [5.74, 6) is 0.0506. The lowest BCUT2D eigenvalue weighted by Crippen LogP contribution is -2.46. The Bertz CT molecular complexity index is 272. The Hall–Kier alpha value is -0.700. The Morgan fingerprint density at radius 3 is 2.50 bits per heavy atom. The van der Waals surface area contributed by atoms with Crippen LogP contribution in [-0.4, -0.2) is 22.8 Å². The number of ketones is 2. The molecule has 78 valence electrons. The van der Waals surface area contributed by atoms with Crippen molar-refractivity contribution < 1.29 is 14.7 Å². The van der Waals surface area contributed by atoms with Crippen LogP contribution in [0.25, 0.3) is 0 Å².